The van der Waals surface area contributed by atoms with E-state index in [1.165, 1.54) is 0 Å². The van der Waals surface area contributed by atoms with Crippen LogP contribution in [0, 0.1) is 6.92 Å². The Bertz CT molecular complexity index is 640. The number of anilines is 1. The van der Waals surface area contributed by atoms with Gasteiger partial charge in [-0.25, -0.2) is 4.79 Å². The molecule has 5 nitrogen and oxygen atoms in total. The Kier molecular flexibility index (Phi) is 5.01. The molecule has 0 aliphatic heterocycles. The minimum atomic E-state index is -0.586. The van der Waals surface area contributed by atoms with Crippen molar-refractivity contribution in [2.24, 2.45) is 7.05 Å². The maximum atomic E-state index is 12.3. The molecular formula is C15H18BrN3O2. The van der Waals surface area contributed by atoms with Crippen LogP contribution in [-0.4, -0.2) is 22.4 Å². The van der Waals surface area contributed by atoms with Gasteiger partial charge < -0.3 is 10.1 Å². The van der Waals surface area contributed by atoms with Crippen molar-refractivity contribution in [2.45, 2.75) is 19.9 Å². The molecule has 21 heavy (non-hydrogen) atoms. The van der Waals surface area contributed by atoms with Crippen molar-refractivity contribution in [3.63, 3.8) is 0 Å². The average molecular weight is 352 g/mol. The molecule has 0 fully saturated rings. The zero-order chi connectivity index (χ0) is 15.4. The molecule has 0 aliphatic carbocycles. The Morgan fingerprint density at radius 2 is 2.19 bits per heavy atom. The van der Waals surface area contributed by atoms with E-state index in [1.54, 1.807) is 17.8 Å². The van der Waals surface area contributed by atoms with Gasteiger partial charge in [0.1, 0.15) is 0 Å². The van der Waals surface area contributed by atoms with E-state index in [9.17, 15) is 4.79 Å². The van der Waals surface area contributed by atoms with Gasteiger partial charge >= 0.3 is 5.97 Å². The lowest BCUT2D eigenvalue weighted by Gasteiger charge is -2.19. The largest absolute Gasteiger partial charge is 0.464 e. The minimum Gasteiger partial charge on any atom is -0.464 e. The summed E-state index contributed by atoms with van der Waals surface area (Å²) in [5.74, 6) is -0.315. The average Bonchev–Trinajstić information content (AvgIpc) is 2.78. The van der Waals surface area contributed by atoms with E-state index in [2.05, 4.69) is 26.3 Å². The Hall–Kier alpha value is -1.82. The van der Waals surface area contributed by atoms with Crippen molar-refractivity contribution >= 4 is 27.6 Å². The summed E-state index contributed by atoms with van der Waals surface area (Å²) in [6.45, 7) is 4.06. The number of benzene rings is 1. The number of carbonyl (C=O) groups is 1. The Morgan fingerprint density at radius 1 is 1.48 bits per heavy atom. The first-order valence-corrected chi connectivity index (χ1v) is 7.50. The van der Waals surface area contributed by atoms with Crippen molar-refractivity contribution in [1.82, 2.24) is 9.78 Å². The van der Waals surface area contributed by atoms with Gasteiger partial charge in [-0.15, -0.1) is 0 Å². The zero-order valence-electron chi connectivity index (χ0n) is 12.3. The number of hydrogen-bond acceptors (Lipinski definition) is 4. The molecule has 0 spiro atoms. The van der Waals surface area contributed by atoms with E-state index in [4.69, 9.17) is 4.74 Å². The first-order chi connectivity index (χ1) is 10.0. The second-order valence-corrected chi connectivity index (χ2v) is 5.47. The van der Waals surface area contributed by atoms with Crippen LogP contribution in [0.1, 0.15) is 24.2 Å². The topological polar surface area (TPSA) is 56.1 Å². The van der Waals surface area contributed by atoms with Crippen LogP contribution >= 0.6 is 15.9 Å². The summed E-state index contributed by atoms with van der Waals surface area (Å²) in [5, 5.41) is 7.43. The molecule has 2 aromatic rings. The standard InChI is InChI=1S/C15H18BrN3O2/c1-4-21-15(20)14(11-9-17-19(3)10(11)2)18-13-8-6-5-7-12(13)16/h5-9,14,18H,4H2,1-3H3. The predicted octanol–water partition coefficient (Wildman–Crippen LogP) is 3.21. The smallest absolute Gasteiger partial charge is 0.333 e. The fourth-order valence-electron chi connectivity index (χ4n) is 2.02. The number of aryl methyl sites for hydroxylation is 1. The highest BCUT2D eigenvalue weighted by Crippen LogP contribution is 2.28. The first-order valence-electron chi connectivity index (χ1n) is 6.70. The molecule has 1 atom stereocenters. The Labute approximate surface area is 132 Å². The molecule has 0 saturated heterocycles. The Balaban J connectivity index is 2.35. The van der Waals surface area contributed by atoms with Gasteiger partial charge in [-0.2, -0.15) is 5.10 Å². The van der Waals surface area contributed by atoms with Crippen LogP contribution in [0.15, 0.2) is 34.9 Å². The minimum absolute atomic E-state index is 0.315. The molecule has 0 saturated carbocycles. The third-order valence-corrected chi connectivity index (χ3v) is 3.97. The zero-order valence-corrected chi connectivity index (χ0v) is 13.8. The van der Waals surface area contributed by atoms with Gasteiger partial charge in [0.25, 0.3) is 0 Å². The Morgan fingerprint density at radius 3 is 2.76 bits per heavy atom. The van der Waals surface area contributed by atoms with Crippen LogP contribution in [0.3, 0.4) is 0 Å². The molecule has 0 amide bonds. The monoisotopic (exact) mass is 351 g/mol. The molecule has 1 heterocycles. The lowest BCUT2D eigenvalue weighted by atomic mass is 10.1. The second-order valence-electron chi connectivity index (χ2n) is 4.62. The van der Waals surface area contributed by atoms with Crippen LogP contribution in [0.25, 0.3) is 0 Å². The summed E-state index contributed by atoms with van der Waals surface area (Å²) in [6.07, 6.45) is 1.70. The van der Waals surface area contributed by atoms with E-state index in [0.717, 1.165) is 21.4 Å². The van der Waals surface area contributed by atoms with Gasteiger partial charge in [-0.05, 0) is 41.9 Å². The molecule has 112 valence electrons. The maximum absolute atomic E-state index is 12.3. The van der Waals surface area contributed by atoms with E-state index in [-0.39, 0.29) is 5.97 Å². The van der Waals surface area contributed by atoms with Gasteiger partial charge in [-0.1, -0.05) is 12.1 Å². The summed E-state index contributed by atoms with van der Waals surface area (Å²) in [4.78, 5) is 12.3. The van der Waals surface area contributed by atoms with Gasteiger partial charge in [0.2, 0.25) is 0 Å². The molecule has 1 aromatic heterocycles. The highest BCUT2D eigenvalue weighted by atomic mass is 79.9. The second kappa shape index (κ2) is 6.76. The van der Waals surface area contributed by atoms with Crippen LogP contribution in [0.2, 0.25) is 0 Å². The number of halogens is 1. The van der Waals surface area contributed by atoms with Gasteiger partial charge in [0, 0.05) is 28.5 Å². The highest BCUT2D eigenvalue weighted by Gasteiger charge is 2.26. The number of esters is 1. The van der Waals surface area contributed by atoms with E-state index in [0.29, 0.717) is 6.61 Å². The first kappa shape index (κ1) is 15.6. The van der Waals surface area contributed by atoms with E-state index >= 15 is 0 Å². The third-order valence-electron chi connectivity index (χ3n) is 3.28. The summed E-state index contributed by atoms with van der Waals surface area (Å²) in [6, 6.07) is 7.07. The SMILES string of the molecule is CCOC(=O)C(Nc1ccccc1Br)c1cnn(C)c1C. The molecule has 1 aromatic carbocycles. The summed E-state index contributed by atoms with van der Waals surface area (Å²) in [5.41, 5.74) is 2.57. The van der Waals surface area contributed by atoms with Gasteiger partial charge in [0.15, 0.2) is 6.04 Å². The molecular weight excluding hydrogens is 334 g/mol. The lowest BCUT2D eigenvalue weighted by Crippen LogP contribution is -2.24. The normalized spacial score (nSPS) is 12.0. The number of aromatic nitrogens is 2. The molecule has 0 bridgehead atoms. The summed E-state index contributed by atoms with van der Waals surface area (Å²) >= 11 is 3.47. The van der Waals surface area contributed by atoms with Crippen molar-refractivity contribution in [3.05, 3.63) is 46.2 Å². The number of para-hydroxylation sites is 1. The van der Waals surface area contributed by atoms with E-state index < -0.39 is 6.04 Å². The molecule has 1 N–H and O–H groups in total. The number of carbonyl (C=O) groups excluding carboxylic acids is 1. The fourth-order valence-corrected chi connectivity index (χ4v) is 2.42. The van der Waals surface area contributed by atoms with Crippen LogP contribution in [0.4, 0.5) is 5.69 Å². The maximum Gasteiger partial charge on any atom is 0.333 e. The third kappa shape index (κ3) is 3.44. The number of rotatable bonds is 5. The van der Waals surface area contributed by atoms with Crippen LogP contribution in [0.5, 0.6) is 0 Å². The summed E-state index contributed by atoms with van der Waals surface area (Å²) < 4.78 is 7.81. The molecule has 1 unspecified atom stereocenters. The number of nitrogens with one attached hydrogen (secondary N) is 1. The summed E-state index contributed by atoms with van der Waals surface area (Å²) in [7, 11) is 1.85. The molecule has 0 aliphatic rings. The van der Waals surface area contributed by atoms with E-state index in [1.807, 2.05) is 38.2 Å². The van der Waals surface area contributed by atoms with Crippen molar-refractivity contribution in [2.75, 3.05) is 11.9 Å². The fraction of sp³-hybridized carbons (Fsp3) is 0.333. The van der Waals surface area contributed by atoms with Crippen LogP contribution in [-0.2, 0) is 16.6 Å². The number of ether oxygens (including phenoxy) is 1. The van der Waals surface area contributed by atoms with Crippen LogP contribution < -0.4 is 5.32 Å². The van der Waals surface area contributed by atoms with Gasteiger partial charge in [0.05, 0.1) is 12.8 Å². The van der Waals surface area contributed by atoms with Crippen molar-refractivity contribution in [3.8, 4) is 0 Å². The molecule has 2 rings (SSSR count). The predicted molar refractivity (Wildman–Crippen MR) is 85.1 cm³/mol. The number of hydrogen-bond donors (Lipinski definition) is 1. The van der Waals surface area contributed by atoms with Gasteiger partial charge in [-0.3, -0.25) is 4.68 Å². The van der Waals surface area contributed by atoms with Crippen molar-refractivity contribution < 1.29 is 9.53 Å². The quantitative estimate of drug-likeness (QED) is 0.840. The lowest BCUT2D eigenvalue weighted by molar-refractivity contribution is -0.144. The highest BCUT2D eigenvalue weighted by molar-refractivity contribution is 9.10. The molecule has 0 radical (unpaired) electrons. The number of nitrogens with zero attached hydrogens (tertiary/aromatic N) is 2. The molecule has 6 heteroatoms. The van der Waals surface area contributed by atoms with Crippen molar-refractivity contribution in [1.29, 1.82) is 0 Å².